The summed E-state index contributed by atoms with van der Waals surface area (Å²) in [6, 6.07) is 6.14. The summed E-state index contributed by atoms with van der Waals surface area (Å²) >= 11 is 0. The number of amides is 1. The van der Waals surface area contributed by atoms with Crippen LogP contribution in [0.5, 0.6) is 0 Å². The topological polar surface area (TPSA) is 59.5 Å². The number of halogens is 1. The highest BCUT2D eigenvalue weighted by Gasteiger charge is 2.39. The van der Waals surface area contributed by atoms with Crippen molar-refractivity contribution < 1.29 is 18.7 Å². The molecule has 0 radical (unpaired) electrons. The molecule has 0 saturated heterocycles. The van der Waals surface area contributed by atoms with Crippen LogP contribution in [-0.4, -0.2) is 59.9 Å². The molecule has 1 amide bonds. The van der Waals surface area contributed by atoms with E-state index in [0.29, 0.717) is 25.3 Å². The van der Waals surface area contributed by atoms with Crippen LogP contribution in [0.15, 0.2) is 24.3 Å². The normalized spacial score (nSPS) is 15.8. The molecule has 1 aliphatic heterocycles. The number of hydrogen-bond donors (Lipinski definition) is 0. The second-order valence-corrected chi connectivity index (χ2v) is 15.1. The largest absolute Gasteiger partial charge is 0.449 e. The van der Waals surface area contributed by atoms with E-state index in [1.54, 1.807) is 17.0 Å². The number of pyridine rings is 1. The summed E-state index contributed by atoms with van der Waals surface area (Å²) in [5.74, 6) is 0.542. The zero-order chi connectivity index (χ0) is 24.6. The predicted octanol–water partition coefficient (Wildman–Crippen LogP) is 5.75. The summed E-state index contributed by atoms with van der Waals surface area (Å²) in [4.78, 5) is 31.9. The van der Waals surface area contributed by atoms with Crippen molar-refractivity contribution in [3.8, 4) is 11.1 Å². The summed E-state index contributed by atoms with van der Waals surface area (Å²) in [6.07, 6.45) is 7.04. The zero-order valence-electron chi connectivity index (χ0n) is 20.7. The van der Waals surface area contributed by atoms with E-state index in [-0.39, 0.29) is 17.8 Å². The highest BCUT2D eigenvalue weighted by molar-refractivity contribution is 8.32. The van der Waals surface area contributed by atoms with E-state index in [9.17, 15) is 14.0 Å². The van der Waals surface area contributed by atoms with E-state index in [1.807, 2.05) is 13.8 Å². The van der Waals surface area contributed by atoms with E-state index in [4.69, 9.17) is 9.72 Å². The van der Waals surface area contributed by atoms with Crippen molar-refractivity contribution in [2.24, 2.45) is 0 Å². The lowest BCUT2D eigenvalue weighted by Gasteiger charge is -2.40. The first kappa shape index (κ1) is 25.2. The molecule has 0 bridgehead atoms. The Bertz CT molecular complexity index is 1040. The van der Waals surface area contributed by atoms with Gasteiger partial charge in [0, 0.05) is 34.4 Å². The third kappa shape index (κ3) is 5.57. The second kappa shape index (κ2) is 9.45. The lowest BCUT2D eigenvalue weighted by atomic mass is 9.78. The highest BCUT2D eigenvalue weighted by atomic mass is 32.3. The molecule has 2 aromatic rings. The molecule has 0 aliphatic carbocycles. The van der Waals surface area contributed by atoms with Gasteiger partial charge in [0.15, 0.2) is 6.29 Å². The molecule has 0 fully saturated rings. The van der Waals surface area contributed by atoms with Crippen molar-refractivity contribution in [2.75, 3.05) is 37.7 Å². The maximum absolute atomic E-state index is 13.7. The van der Waals surface area contributed by atoms with Gasteiger partial charge in [-0.1, -0.05) is 39.8 Å². The third-order valence-corrected chi connectivity index (χ3v) is 7.31. The van der Waals surface area contributed by atoms with E-state index < -0.39 is 15.4 Å². The second-order valence-electron chi connectivity index (χ2n) is 10.5. The van der Waals surface area contributed by atoms with Gasteiger partial charge in [-0.15, -0.1) is 0 Å². The van der Waals surface area contributed by atoms with Crippen molar-refractivity contribution in [3.63, 3.8) is 0 Å². The molecule has 0 saturated carbocycles. The minimum Gasteiger partial charge on any atom is -0.449 e. The highest BCUT2D eigenvalue weighted by Crippen LogP contribution is 2.41. The number of aromatic nitrogens is 1. The lowest BCUT2D eigenvalue weighted by Crippen LogP contribution is -2.46. The molecule has 1 aromatic heterocycles. The summed E-state index contributed by atoms with van der Waals surface area (Å²) in [6.45, 7) is 9.26. The van der Waals surface area contributed by atoms with Gasteiger partial charge in [-0.05, 0) is 42.4 Å². The number of nitrogens with zero attached hydrogens (tertiary/aromatic N) is 2. The van der Waals surface area contributed by atoms with Crippen LogP contribution in [0.4, 0.5) is 9.18 Å². The van der Waals surface area contributed by atoms with Crippen LogP contribution in [0, 0.1) is 5.82 Å². The van der Waals surface area contributed by atoms with Gasteiger partial charge in [-0.3, -0.25) is 9.78 Å². The van der Waals surface area contributed by atoms with Crippen molar-refractivity contribution in [1.82, 2.24) is 9.88 Å². The molecule has 5 nitrogen and oxygen atoms in total. The zero-order valence-corrected chi connectivity index (χ0v) is 21.5. The van der Waals surface area contributed by atoms with Gasteiger partial charge in [0.2, 0.25) is 0 Å². The van der Waals surface area contributed by atoms with Crippen LogP contribution in [0.2, 0.25) is 0 Å². The van der Waals surface area contributed by atoms with Gasteiger partial charge in [0.05, 0.1) is 17.9 Å². The number of carbonyl (C=O) groups excluding carboxylic acids is 2. The number of ether oxygens (including phenoxy) is 1. The van der Waals surface area contributed by atoms with Gasteiger partial charge in [0.1, 0.15) is 12.4 Å². The summed E-state index contributed by atoms with van der Waals surface area (Å²) in [7, 11) is -0.765. The summed E-state index contributed by atoms with van der Waals surface area (Å²) in [5, 5.41) is 0. The Morgan fingerprint density at radius 1 is 1.24 bits per heavy atom. The maximum atomic E-state index is 13.7. The standard InChI is InChI=1S/C26H35FN2O3S/c1-17(2)23-21(15-30)22(18-8-10-19(27)11-9-18)20-14-29(16-26(3,4)24(20)28-23)25(31)32-12-13-33(5,6)7/h8-11,15,17H,12-14,16H2,1-7H3. The number of carbonyl (C=O) groups is 2. The molecule has 33 heavy (non-hydrogen) atoms. The Morgan fingerprint density at radius 3 is 2.42 bits per heavy atom. The number of fused-ring (bicyclic) bond motifs is 1. The van der Waals surface area contributed by atoms with E-state index in [0.717, 1.165) is 40.1 Å². The number of aldehydes is 1. The van der Waals surface area contributed by atoms with Crippen LogP contribution in [0.3, 0.4) is 0 Å². The van der Waals surface area contributed by atoms with Crippen LogP contribution in [-0.2, 0) is 16.7 Å². The molecular formula is C26H35FN2O3S. The Hall–Kier alpha value is -2.41. The molecular weight excluding hydrogens is 439 g/mol. The van der Waals surface area contributed by atoms with Crippen molar-refractivity contribution >= 4 is 22.4 Å². The first-order valence-corrected chi connectivity index (χ1v) is 14.2. The molecule has 7 heteroatoms. The van der Waals surface area contributed by atoms with Crippen molar-refractivity contribution in [2.45, 2.75) is 45.6 Å². The quantitative estimate of drug-likeness (QED) is 0.501. The van der Waals surface area contributed by atoms with Crippen LogP contribution >= 0.6 is 10.0 Å². The molecule has 2 heterocycles. The van der Waals surface area contributed by atoms with Crippen LogP contribution < -0.4 is 0 Å². The smallest absolute Gasteiger partial charge is 0.410 e. The van der Waals surface area contributed by atoms with Gasteiger partial charge in [-0.2, -0.15) is 0 Å². The molecule has 0 unspecified atom stereocenters. The number of rotatable bonds is 6. The first-order valence-electron chi connectivity index (χ1n) is 11.2. The maximum Gasteiger partial charge on any atom is 0.410 e. The predicted molar refractivity (Wildman–Crippen MR) is 134 cm³/mol. The molecule has 1 aromatic carbocycles. The lowest BCUT2D eigenvalue weighted by molar-refractivity contribution is 0.0916. The van der Waals surface area contributed by atoms with Crippen LogP contribution in [0.1, 0.15) is 60.9 Å². The minimum absolute atomic E-state index is 0.0355. The molecule has 0 N–H and O–H groups in total. The van der Waals surface area contributed by atoms with Crippen molar-refractivity contribution in [3.05, 3.63) is 52.6 Å². The van der Waals surface area contributed by atoms with Crippen LogP contribution in [0.25, 0.3) is 11.1 Å². The molecule has 3 rings (SSSR count). The molecule has 0 spiro atoms. The Balaban J connectivity index is 2.11. The Labute approximate surface area is 198 Å². The van der Waals surface area contributed by atoms with Gasteiger partial charge >= 0.3 is 6.09 Å². The average Bonchev–Trinajstić information content (AvgIpc) is 2.71. The fourth-order valence-corrected chi connectivity index (χ4v) is 4.86. The van der Waals surface area contributed by atoms with Crippen molar-refractivity contribution in [1.29, 1.82) is 0 Å². The molecule has 180 valence electrons. The van der Waals surface area contributed by atoms with Gasteiger partial charge in [-0.25, -0.2) is 19.2 Å². The first-order chi connectivity index (χ1) is 15.3. The Kier molecular flexibility index (Phi) is 7.22. The SMILES string of the molecule is CC(C)c1nc2c(c(-c3ccc(F)cc3)c1C=O)CN(C(=O)OCCS(C)(C)C)CC2(C)C. The minimum atomic E-state index is -0.765. The third-order valence-electron chi connectivity index (χ3n) is 5.92. The van der Waals surface area contributed by atoms with Gasteiger partial charge in [0.25, 0.3) is 0 Å². The Morgan fingerprint density at radius 2 is 1.88 bits per heavy atom. The number of benzene rings is 1. The summed E-state index contributed by atoms with van der Waals surface area (Å²) in [5.41, 5.74) is 3.94. The van der Waals surface area contributed by atoms with Gasteiger partial charge < -0.3 is 9.64 Å². The van der Waals surface area contributed by atoms with E-state index in [2.05, 4.69) is 32.6 Å². The number of hydrogen-bond acceptors (Lipinski definition) is 4. The fourth-order valence-electron chi connectivity index (χ4n) is 4.27. The van der Waals surface area contributed by atoms with E-state index >= 15 is 0 Å². The van der Waals surface area contributed by atoms with E-state index in [1.165, 1.54) is 12.1 Å². The fraction of sp³-hybridized carbons (Fsp3) is 0.500. The molecule has 1 aliphatic rings. The summed E-state index contributed by atoms with van der Waals surface area (Å²) < 4.78 is 19.3. The monoisotopic (exact) mass is 474 g/mol. The molecule has 0 atom stereocenters. The average molecular weight is 475 g/mol.